The standard InChI is InChI=1S/C15H22N4S/c1-5-13-18-14(16-6-2)10(3)15(19-13)17-11(4)12-7-8-20-9-12/h7-9,11H,5-6H2,1-4H3,(H2,16,17,18,19). The molecule has 0 saturated heterocycles. The van der Waals surface area contributed by atoms with Gasteiger partial charge in [0.1, 0.15) is 17.5 Å². The summed E-state index contributed by atoms with van der Waals surface area (Å²) in [6.07, 6.45) is 0.834. The normalized spacial score (nSPS) is 12.2. The summed E-state index contributed by atoms with van der Waals surface area (Å²) < 4.78 is 0. The first-order valence-electron chi connectivity index (χ1n) is 7.05. The van der Waals surface area contributed by atoms with Crippen LogP contribution in [0.1, 0.15) is 43.8 Å². The molecule has 1 unspecified atom stereocenters. The van der Waals surface area contributed by atoms with Crippen LogP contribution in [0.4, 0.5) is 11.6 Å². The third-order valence-electron chi connectivity index (χ3n) is 3.25. The van der Waals surface area contributed by atoms with Gasteiger partial charge in [0.2, 0.25) is 0 Å². The third-order valence-corrected chi connectivity index (χ3v) is 3.95. The molecule has 0 aliphatic carbocycles. The van der Waals surface area contributed by atoms with Crippen LogP contribution in [0.3, 0.4) is 0 Å². The van der Waals surface area contributed by atoms with Gasteiger partial charge in [-0.1, -0.05) is 6.92 Å². The predicted octanol–water partition coefficient (Wildman–Crippen LogP) is 4.01. The molecule has 0 aliphatic heterocycles. The zero-order valence-corrected chi connectivity index (χ0v) is 13.3. The number of aryl methyl sites for hydroxylation is 1. The molecule has 2 N–H and O–H groups in total. The average Bonchev–Trinajstić information content (AvgIpc) is 2.97. The maximum atomic E-state index is 4.62. The lowest BCUT2D eigenvalue weighted by Crippen LogP contribution is -2.13. The van der Waals surface area contributed by atoms with E-state index in [-0.39, 0.29) is 6.04 Å². The molecule has 2 heterocycles. The minimum atomic E-state index is 0.244. The molecule has 108 valence electrons. The van der Waals surface area contributed by atoms with Gasteiger partial charge >= 0.3 is 0 Å². The number of anilines is 2. The van der Waals surface area contributed by atoms with Crippen LogP contribution in [0.25, 0.3) is 0 Å². The summed E-state index contributed by atoms with van der Waals surface area (Å²) in [6.45, 7) is 9.23. The molecule has 2 rings (SSSR count). The summed E-state index contributed by atoms with van der Waals surface area (Å²) in [5.41, 5.74) is 2.36. The molecule has 4 nitrogen and oxygen atoms in total. The van der Waals surface area contributed by atoms with Crippen LogP contribution in [-0.2, 0) is 6.42 Å². The lowest BCUT2D eigenvalue weighted by atomic mass is 10.1. The van der Waals surface area contributed by atoms with E-state index >= 15 is 0 Å². The van der Waals surface area contributed by atoms with Crippen molar-refractivity contribution in [3.63, 3.8) is 0 Å². The fraction of sp³-hybridized carbons (Fsp3) is 0.467. The molecule has 0 radical (unpaired) electrons. The van der Waals surface area contributed by atoms with E-state index in [1.54, 1.807) is 11.3 Å². The first-order chi connectivity index (χ1) is 9.65. The highest BCUT2D eigenvalue weighted by molar-refractivity contribution is 7.07. The second-order valence-corrected chi connectivity index (χ2v) is 5.55. The largest absolute Gasteiger partial charge is 0.370 e. The monoisotopic (exact) mass is 290 g/mol. The second kappa shape index (κ2) is 6.70. The summed E-state index contributed by atoms with van der Waals surface area (Å²) in [5.74, 6) is 2.72. The highest BCUT2D eigenvalue weighted by atomic mass is 32.1. The Balaban J connectivity index is 2.28. The Morgan fingerprint density at radius 1 is 1.25 bits per heavy atom. The molecule has 20 heavy (non-hydrogen) atoms. The van der Waals surface area contributed by atoms with Crippen LogP contribution in [0.2, 0.25) is 0 Å². The summed E-state index contributed by atoms with van der Waals surface area (Å²) in [6, 6.07) is 2.39. The van der Waals surface area contributed by atoms with E-state index in [2.05, 4.69) is 65.1 Å². The number of thiophene rings is 1. The molecule has 2 aromatic heterocycles. The van der Waals surface area contributed by atoms with Crippen molar-refractivity contribution < 1.29 is 0 Å². The summed E-state index contributed by atoms with van der Waals surface area (Å²) in [4.78, 5) is 9.18. The number of nitrogens with one attached hydrogen (secondary N) is 2. The average molecular weight is 290 g/mol. The summed E-state index contributed by atoms with van der Waals surface area (Å²) >= 11 is 1.72. The van der Waals surface area contributed by atoms with E-state index < -0.39 is 0 Å². The molecule has 0 amide bonds. The van der Waals surface area contributed by atoms with E-state index in [9.17, 15) is 0 Å². The van der Waals surface area contributed by atoms with Crippen molar-refractivity contribution in [2.75, 3.05) is 17.2 Å². The van der Waals surface area contributed by atoms with Crippen LogP contribution in [0.15, 0.2) is 16.8 Å². The molecule has 0 spiro atoms. The third kappa shape index (κ3) is 3.28. The number of hydrogen-bond donors (Lipinski definition) is 2. The fourth-order valence-electron chi connectivity index (χ4n) is 2.01. The Morgan fingerprint density at radius 3 is 2.60 bits per heavy atom. The van der Waals surface area contributed by atoms with Gasteiger partial charge in [0, 0.05) is 18.5 Å². The van der Waals surface area contributed by atoms with E-state index in [0.717, 1.165) is 36.0 Å². The van der Waals surface area contributed by atoms with Crippen LogP contribution in [0, 0.1) is 6.92 Å². The van der Waals surface area contributed by atoms with Crippen molar-refractivity contribution in [3.05, 3.63) is 33.8 Å². The van der Waals surface area contributed by atoms with Crippen LogP contribution >= 0.6 is 11.3 Å². The zero-order chi connectivity index (χ0) is 14.5. The van der Waals surface area contributed by atoms with Gasteiger partial charge in [-0.15, -0.1) is 0 Å². The van der Waals surface area contributed by atoms with Gasteiger partial charge in [0.05, 0.1) is 6.04 Å². The van der Waals surface area contributed by atoms with E-state index in [1.807, 2.05) is 0 Å². The molecule has 0 saturated carbocycles. The Kier molecular flexibility index (Phi) is 4.95. The molecule has 0 bridgehead atoms. The number of rotatable bonds is 6. The van der Waals surface area contributed by atoms with Crippen molar-refractivity contribution in [3.8, 4) is 0 Å². The molecule has 5 heteroatoms. The van der Waals surface area contributed by atoms with E-state index in [0.29, 0.717) is 0 Å². The van der Waals surface area contributed by atoms with Crippen molar-refractivity contribution in [1.29, 1.82) is 0 Å². The molecular weight excluding hydrogens is 268 g/mol. The molecule has 0 aliphatic rings. The van der Waals surface area contributed by atoms with Gasteiger partial charge in [-0.05, 0) is 43.2 Å². The second-order valence-electron chi connectivity index (χ2n) is 4.77. The Hall–Kier alpha value is -1.62. The number of nitrogens with zero attached hydrogens (tertiary/aromatic N) is 2. The quantitative estimate of drug-likeness (QED) is 0.844. The van der Waals surface area contributed by atoms with Crippen molar-refractivity contribution in [2.45, 2.75) is 40.2 Å². The smallest absolute Gasteiger partial charge is 0.135 e. The minimum Gasteiger partial charge on any atom is -0.370 e. The maximum absolute atomic E-state index is 4.62. The lowest BCUT2D eigenvalue weighted by molar-refractivity contribution is 0.854. The van der Waals surface area contributed by atoms with E-state index in [1.165, 1.54) is 5.56 Å². The lowest BCUT2D eigenvalue weighted by Gasteiger charge is -2.18. The maximum Gasteiger partial charge on any atom is 0.135 e. The van der Waals surface area contributed by atoms with E-state index in [4.69, 9.17) is 0 Å². The van der Waals surface area contributed by atoms with Crippen LogP contribution in [0.5, 0.6) is 0 Å². The van der Waals surface area contributed by atoms with Crippen LogP contribution in [-0.4, -0.2) is 16.5 Å². The summed E-state index contributed by atoms with van der Waals surface area (Å²) in [7, 11) is 0. The van der Waals surface area contributed by atoms with Gasteiger partial charge in [0.15, 0.2) is 0 Å². The number of hydrogen-bond acceptors (Lipinski definition) is 5. The SMILES string of the molecule is CCNc1nc(CC)nc(NC(C)c2ccsc2)c1C. The fourth-order valence-corrected chi connectivity index (χ4v) is 2.77. The topological polar surface area (TPSA) is 49.8 Å². The Labute approximate surface area is 124 Å². The molecular formula is C15H22N4S. The Bertz CT molecular complexity index is 551. The predicted molar refractivity (Wildman–Crippen MR) is 86.7 cm³/mol. The highest BCUT2D eigenvalue weighted by Crippen LogP contribution is 2.25. The van der Waals surface area contributed by atoms with Crippen molar-refractivity contribution in [1.82, 2.24) is 9.97 Å². The van der Waals surface area contributed by atoms with Crippen molar-refractivity contribution >= 4 is 23.0 Å². The molecule has 0 fully saturated rings. The molecule has 0 aromatic carbocycles. The first kappa shape index (κ1) is 14.8. The van der Waals surface area contributed by atoms with Crippen molar-refractivity contribution in [2.24, 2.45) is 0 Å². The Morgan fingerprint density at radius 2 is 2.00 bits per heavy atom. The molecule has 1 atom stereocenters. The highest BCUT2D eigenvalue weighted by Gasteiger charge is 2.13. The number of aromatic nitrogens is 2. The first-order valence-corrected chi connectivity index (χ1v) is 8.00. The van der Waals surface area contributed by atoms with Gasteiger partial charge in [-0.3, -0.25) is 0 Å². The van der Waals surface area contributed by atoms with Gasteiger partial charge < -0.3 is 10.6 Å². The van der Waals surface area contributed by atoms with Gasteiger partial charge in [-0.2, -0.15) is 11.3 Å². The minimum absolute atomic E-state index is 0.244. The van der Waals surface area contributed by atoms with Gasteiger partial charge in [-0.25, -0.2) is 9.97 Å². The summed E-state index contributed by atoms with van der Waals surface area (Å²) in [5, 5.41) is 11.1. The van der Waals surface area contributed by atoms with Gasteiger partial charge in [0.25, 0.3) is 0 Å². The molecule has 2 aromatic rings. The van der Waals surface area contributed by atoms with Crippen LogP contribution < -0.4 is 10.6 Å². The zero-order valence-electron chi connectivity index (χ0n) is 12.5.